The largest absolute Gasteiger partial charge is 0.380 e. The molecular formula is C9H15ClN2OS. The molecule has 0 bridgehead atoms. The third-order valence-corrected chi connectivity index (χ3v) is 2.65. The van der Waals surface area contributed by atoms with E-state index in [9.17, 15) is 0 Å². The van der Waals surface area contributed by atoms with Crippen LogP contribution >= 0.6 is 22.9 Å². The zero-order valence-corrected chi connectivity index (χ0v) is 9.83. The Bertz CT molecular complexity index is 255. The molecule has 0 spiro atoms. The maximum atomic E-state index is 5.46. The van der Waals surface area contributed by atoms with Gasteiger partial charge in [0.25, 0.3) is 0 Å². The fourth-order valence-corrected chi connectivity index (χ4v) is 1.79. The lowest BCUT2D eigenvalue weighted by Gasteiger charge is -2.02. The van der Waals surface area contributed by atoms with Crippen molar-refractivity contribution in [2.24, 2.45) is 0 Å². The summed E-state index contributed by atoms with van der Waals surface area (Å²) in [5.41, 5.74) is 1.07. The highest BCUT2D eigenvalue weighted by Gasteiger charge is 1.96. The Labute approximate surface area is 93.4 Å². The molecule has 3 nitrogen and oxygen atoms in total. The van der Waals surface area contributed by atoms with Crippen LogP contribution in [0.4, 0.5) is 5.13 Å². The van der Waals surface area contributed by atoms with Crippen molar-refractivity contribution in [2.45, 2.75) is 13.3 Å². The van der Waals surface area contributed by atoms with E-state index in [1.54, 1.807) is 11.3 Å². The average Bonchev–Trinajstić information content (AvgIpc) is 2.58. The second-order valence-electron chi connectivity index (χ2n) is 2.88. The molecule has 1 heterocycles. The predicted octanol–water partition coefficient (Wildman–Crippen LogP) is 2.51. The van der Waals surface area contributed by atoms with Crippen LogP contribution in [0.5, 0.6) is 0 Å². The zero-order valence-electron chi connectivity index (χ0n) is 8.25. The fraction of sp³-hybridized carbons (Fsp3) is 0.667. The third kappa shape index (κ3) is 4.79. The van der Waals surface area contributed by atoms with E-state index in [1.165, 1.54) is 0 Å². The van der Waals surface area contributed by atoms with Gasteiger partial charge in [0.15, 0.2) is 5.13 Å². The lowest BCUT2D eigenvalue weighted by Crippen LogP contribution is -2.06. The number of halogens is 1. The first-order valence-electron chi connectivity index (χ1n) is 4.62. The summed E-state index contributed by atoms with van der Waals surface area (Å²) < 4.78 is 5.24. The molecule has 5 heteroatoms. The molecule has 0 aromatic carbocycles. The first-order valence-corrected chi connectivity index (χ1v) is 6.04. The van der Waals surface area contributed by atoms with Crippen LogP contribution in [-0.4, -0.2) is 30.6 Å². The number of nitrogens with one attached hydrogen (secondary N) is 1. The smallest absolute Gasteiger partial charge is 0.182 e. The zero-order chi connectivity index (χ0) is 10.2. The first kappa shape index (κ1) is 11.8. The number of aromatic nitrogens is 1. The SMILES string of the molecule is Cc1csc(NCCCOCCCl)n1. The van der Waals surface area contributed by atoms with Gasteiger partial charge < -0.3 is 10.1 Å². The van der Waals surface area contributed by atoms with Crippen LogP contribution in [-0.2, 0) is 4.74 Å². The number of alkyl halides is 1. The van der Waals surface area contributed by atoms with Crippen molar-refractivity contribution in [3.63, 3.8) is 0 Å². The van der Waals surface area contributed by atoms with Crippen molar-refractivity contribution in [3.8, 4) is 0 Å². The van der Waals surface area contributed by atoms with Gasteiger partial charge in [0.05, 0.1) is 12.3 Å². The van der Waals surface area contributed by atoms with Crippen LogP contribution in [0.15, 0.2) is 5.38 Å². The number of anilines is 1. The summed E-state index contributed by atoms with van der Waals surface area (Å²) in [6, 6.07) is 0. The number of aryl methyl sites for hydroxylation is 1. The van der Waals surface area contributed by atoms with Gasteiger partial charge >= 0.3 is 0 Å². The lowest BCUT2D eigenvalue weighted by atomic mass is 10.4. The Morgan fingerprint density at radius 3 is 3.07 bits per heavy atom. The molecule has 0 unspecified atom stereocenters. The highest BCUT2D eigenvalue weighted by atomic mass is 35.5. The molecule has 0 aliphatic heterocycles. The molecule has 1 rings (SSSR count). The summed E-state index contributed by atoms with van der Waals surface area (Å²) in [6.07, 6.45) is 0.982. The van der Waals surface area contributed by atoms with Gasteiger partial charge in [-0.1, -0.05) is 0 Å². The number of thiazole rings is 1. The summed E-state index contributed by atoms with van der Waals surface area (Å²) in [5.74, 6) is 0.569. The molecule has 80 valence electrons. The van der Waals surface area contributed by atoms with Crippen molar-refractivity contribution in [3.05, 3.63) is 11.1 Å². The van der Waals surface area contributed by atoms with Gasteiger partial charge in [0, 0.05) is 24.4 Å². The van der Waals surface area contributed by atoms with Crippen LogP contribution < -0.4 is 5.32 Å². The summed E-state index contributed by atoms with van der Waals surface area (Å²) in [7, 11) is 0. The maximum Gasteiger partial charge on any atom is 0.182 e. The molecule has 0 saturated heterocycles. The Hall–Kier alpha value is -0.320. The van der Waals surface area contributed by atoms with Crippen LogP contribution in [0.2, 0.25) is 0 Å². The Morgan fingerprint density at radius 2 is 2.43 bits per heavy atom. The molecule has 1 N–H and O–H groups in total. The highest BCUT2D eigenvalue weighted by molar-refractivity contribution is 7.13. The van der Waals surface area contributed by atoms with Crippen molar-refractivity contribution < 1.29 is 4.74 Å². The summed E-state index contributed by atoms with van der Waals surface area (Å²) >= 11 is 7.10. The molecule has 14 heavy (non-hydrogen) atoms. The summed E-state index contributed by atoms with van der Waals surface area (Å²) in [4.78, 5) is 4.29. The van der Waals surface area contributed by atoms with Crippen LogP contribution in [0.1, 0.15) is 12.1 Å². The molecule has 0 aliphatic rings. The van der Waals surface area contributed by atoms with Crippen LogP contribution in [0.25, 0.3) is 0 Å². The summed E-state index contributed by atoms with van der Waals surface area (Å²) in [5, 5.41) is 6.26. The fourth-order valence-electron chi connectivity index (χ4n) is 0.961. The van der Waals surface area contributed by atoms with Crippen molar-refractivity contribution in [2.75, 3.05) is 31.0 Å². The second kappa shape index (κ2) is 7.04. The van der Waals surface area contributed by atoms with E-state index >= 15 is 0 Å². The molecule has 1 aromatic heterocycles. The van der Waals surface area contributed by atoms with Gasteiger partial charge in [0.1, 0.15) is 0 Å². The quantitative estimate of drug-likeness (QED) is 0.582. The van der Waals surface area contributed by atoms with Gasteiger partial charge in [-0.2, -0.15) is 0 Å². The first-order chi connectivity index (χ1) is 6.83. The van der Waals surface area contributed by atoms with E-state index in [0.717, 1.165) is 30.4 Å². The number of rotatable bonds is 7. The van der Waals surface area contributed by atoms with Crippen molar-refractivity contribution >= 4 is 28.1 Å². The van der Waals surface area contributed by atoms with E-state index in [1.807, 2.05) is 12.3 Å². The van der Waals surface area contributed by atoms with Crippen LogP contribution in [0.3, 0.4) is 0 Å². The minimum atomic E-state index is 0.569. The predicted molar refractivity (Wildman–Crippen MR) is 61.5 cm³/mol. The van der Waals surface area contributed by atoms with E-state index in [4.69, 9.17) is 16.3 Å². The summed E-state index contributed by atoms with van der Waals surface area (Å²) in [6.45, 7) is 4.28. The minimum Gasteiger partial charge on any atom is -0.380 e. The monoisotopic (exact) mass is 234 g/mol. The number of nitrogens with zero attached hydrogens (tertiary/aromatic N) is 1. The molecular weight excluding hydrogens is 220 g/mol. The van der Waals surface area contributed by atoms with Gasteiger partial charge in [-0.25, -0.2) is 4.98 Å². The van der Waals surface area contributed by atoms with E-state index in [0.29, 0.717) is 12.5 Å². The number of hydrogen-bond donors (Lipinski definition) is 1. The molecule has 0 aliphatic carbocycles. The third-order valence-electron chi connectivity index (χ3n) is 1.58. The Balaban J connectivity index is 1.99. The lowest BCUT2D eigenvalue weighted by molar-refractivity contribution is 0.149. The minimum absolute atomic E-state index is 0.569. The van der Waals surface area contributed by atoms with Crippen molar-refractivity contribution in [1.82, 2.24) is 4.98 Å². The van der Waals surface area contributed by atoms with Crippen molar-refractivity contribution in [1.29, 1.82) is 0 Å². The maximum absolute atomic E-state index is 5.46. The van der Waals surface area contributed by atoms with E-state index in [2.05, 4.69) is 10.3 Å². The van der Waals surface area contributed by atoms with Gasteiger partial charge in [-0.3, -0.25) is 0 Å². The topological polar surface area (TPSA) is 34.1 Å². The van der Waals surface area contributed by atoms with E-state index in [-0.39, 0.29) is 0 Å². The van der Waals surface area contributed by atoms with Crippen LogP contribution in [0, 0.1) is 6.92 Å². The highest BCUT2D eigenvalue weighted by Crippen LogP contribution is 2.13. The Morgan fingerprint density at radius 1 is 1.57 bits per heavy atom. The number of ether oxygens (including phenoxy) is 1. The van der Waals surface area contributed by atoms with E-state index < -0.39 is 0 Å². The average molecular weight is 235 g/mol. The number of hydrogen-bond acceptors (Lipinski definition) is 4. The molecule has 0 atom stereocenters. The standard InChI is InChI=1S/C9H15ClN2OS/c1-8-7-14-9(12-8)11-4-2-5-13-6-3-10/h7H,2-6H2,1H3,(H,11,12). The second-order valence-corrected chi connectivity index (χ2v) is 4.11. The molecule has 0 radical (unpaired) electrons. The molecule has 1 aromatic rings. The Kier molecular flexibility index (Phi) is 5.91. The molecule has 0 fully saturated rings. The normalized spacial score (nSPS) is 10.4. The van der Waals surface area contributed by atoms with Gasteiger partial charge in [0.2, 0.25) is 0 Å². The molecule has 0 saturated carbocycles. The van der Waals surface area contributed by atoms with Gasteiger partial charge in [-0.15, -0.1) is 22.9 Å². The molecule has 0 amide bonds. The van der Waals surface area contributed by atoms with Gasteiger partial charge in [-0.05, 0) is 13.3 Å².